The van der Waals surface area contributed by atoms with Crippen molar-refractivity contribution in [2.75, 3.05) is 13.1 Å². The highest BCUT2D eigenvalue weighted by molar-refractivity contribution is 7.89. The molecule has 2 N–H and O–H groups in total. The molecule has 7 heteroatoms. The van der Waals surface area contributed by atoms with Gasteiger partial charge in [0.05, 0.1) is 5.02 Å². The van der Waals surface area contributed by atoms with E-state index in [9.17, 15) is 8.42 Å². The summed E-state index contributed by atoms with van der Waals surface area (Å²) in [5, 5.41) is 0.261. The zero-order valence-electron chi connectivity index (χ0n) is 11.3. The van der Waals surface area contributed by atoms with Gasteiger partial charge in [0.1, 0.15) is 4.90 Å². The molecule has 0 spiro atoms. The third-order valence-electron chi connectivity index (χ3n) is 3.62. The quantitative estimate of drug-likeness (QED) is 0.920. The van der Waals surface area contributed by atoms with Gasteiger partial charge in [-0.3, -0.25) is 0 Å². The first-order chi connectivity index (χ1) is 8.96. The molecule has 20 heavy (non-hydrogen) atoms. The number of halogens is 2. The molecular formula is C13H20Cl2N2O2S. The van der Waals surface area contributed by atoms with Crippen LogP contribution in [-0.4, -0.2) is 31.9 Å². The predicted octanol–water partition coefficient (Wildman–Crippen LogP) is 2.51. The minimum Gasteiger partial charge on any atom is -0.329 e. The van der Waals surface area contributed by atoms with Crippen molar-refractivity contribution in [2.45, 2.75) is 30.7 Å². The lowest BCUT2D eigenvalue weighted by molar-refractivity contribution is 0.211. The molecule has 0 bridgehead atoms. The van der Waals surface area contributed by atoms with E-state index in [1.54, 1.807) is 24.3 Å². The monoisotopic (exact) mass is 338 g/mol. The van der Waals surface area contributed by atoms with Gasteiger partial charge in [0.15, 0.2) is 0 Å². The van der Waals surface area contributed by atoms with Crippen LogP contribution in [0, 0.1) is 5.92 Å². The van der Waals surface area contributed by atoms with Crippen molar-refractivity contribution in [3.8, 4) is 0 Å². The Morgan fingerprint density at radius 2 is 2.05 bits per heavy atom. The fourth-order valence-electron chi connectivity index (χ4n) is 2.54. The number of piperidine rings is 1. The first-order valence-electron chi connectivity index (χ1n) is 6.43. The average Bonchev–Trinajstić information content (AvgIpc) is 2.38. The second-order valence-electron chi connectivity index (χ2n) is 5.07. The van der Waals surface area contributed by atoms with Gasteiger partial charge < -0.3 is 5.73 Å². The Morgan fingerprint density at radius 1 is 1.40 bits per heavy atom. The summed E-state index contributed by atoms with van der Waals surface area (Å²) >= 11 is 6.01. The first-order valence-corrected chi connectivity index (χ1v) is 8.25. The number of hydrogen-bond acceptors (Lipinski definition) is 3. The van der Waals surface area contributed by atoms with Crippen molar-refractivity contribution < 1.29 is 8.42 Å². The Labute approximate surface area is 131 Å². The number of rotatable bonds is 3. The predicted molar refractivity (Wildman–Crippen MR) is 83.8 cm³/mol. The van der Waals surface area contributed by atoms with E-state index in [-0.39, 0.29) is 28.4 Å². The van der Waals surface area contributed by atoms with Gasteiger partial charge in [0.25, 0.3) is 0 Å². The fourth-order valence-corrected chi connectivity index (χ4v) is 4.70. The smallest absolute Gasteiger partial charge is 0.244 e. The molecule has 1 aromatic rings. The van der Waals surface area contributed by atoms with E-state index in [1.807, 2.05) is 0 Å². The molecule has 0 radical (unpaired) electrons. The van der Waals surface area contributed by atoms with E-state index in [4.69, 9.17) is 17.3 Å². The van der Waals surface area contributed by atoms with E-state index in [1.165, 1.54) is 4.31 Å². The molecule has 0 amide bonds. The molecular weight excluding hydrogens is 319 g/mol. The maximum atomic E-state index is 12.7. The highest BCUT2D eigenvalue weighted by atomic mass is 35.5. The molecule has 1 saturated heterocycles. The summed E-state index contributed by atoms with van der Waals surface area (Å²) in [4.78, 5) is 0.171. The number of benzene rings is 1. The summed E-state index contributed by atoms with van der Waals surface area (Å²) in [6.07, 6.45) is 1.67. The molecule has 1 aromatic carbocycles. The van der Waals surface area contributed by atoms with Crippen LogP contribution in [0.25, 0.3) is 0 Å². The summed E-state index contributed by atoms with van der Waals surface area (Å²) in [6, 6.07) is 6.41. The van der Waals surface area contributed by atoms with Gasteiger partial charge in [-0.1, -0.05) is 30.7 Å². The van der Waals surface area contributed by atoms with Crippen molar-refractivity contribution in [2.24, 2.45) is 11.7 Å². The normalized spacial score (nSPS) is 24.1. The van der Waals surface area contributed by atoms with Crippen molar-refractivity contribution in [3.63, 3.8) is 0 Å². The summed E-state index contributed by atoms with van der Waals surface area (Å²) in [5.74, 6) is 0.506. The molecule has 1 fully saturated rings. The second kappa shape index (κ2) is 7.09. The summed E-state index contributed by atoms with van der Waals surface area (Å²) < 4.78 is 26.8. The molecule has 1 aliphatic rings. The summed E-state index contributed by atoms with van der Waals surface area (Å²) in [7, 11) is -3.56. The topological polar surface area (TPSA) is 63.4 Å². The highest BCUT2D eigenvalue weighted by Crippen LogP contribution is 2.30. The lowest BCUT2D eigenvalue weighted by Gasteiger charge is -2.36. The van der Waals surface area contributed by atoms with Crippen LogP contribution in [0.15, 0.2) is 29.2 Å². The van der Waals surface area contributed by atoms with Crippen LogP contribution in [0.5, 0.6) is 0 Å². The molecule has 114 valence electrons. The van der Waals surface area contributed by atoms with Gasteiger partial charge in [0.2, 0.25) is 10.0 Å². The van der Waals surface area contributed by atoms with Crippen LogP contribution in [0.4, 0.5) is 0 Å². The minimum absolute atomic E-state index is 0. The molecule has 2 atom stereocenters. The Kier molecular flexibility index (Phi) is 6.28. The van der Waals surface area contributed by atoms with Gasteiger partial charge in [-0.25, -0.2) is 8.42 Å². The van der Waals surface area contributed by atoms with Crippen LogP contribution in [0.2, 0.25) is 5.02 Å². The van der Waals surface area contributed by atoms with E-state index in [0.29, 0.717) is 19.0 Å². The van der Waals surface area contributed by atoms with E-state index in [2.05, 4.69) is 6.92 Å². The Morgan fingerprint density at radius 3 is 2.65 bits per heavy atom. The molecule has 0 saturated carbocycles. The van der Waals surface area contributed by atoms with Crippen molar-refractivity contribution in [3.05, 3.63) is 29.3 Å². The van der Waals surface area contributed by atoms with Crippen molar-refractivity contribution in [1.29, 1.82) is 0 Å². The third-order valence-corrected chi connectivity index (χ3v) is 6.07. The van der Waals surface area contributed by atoms with Crippen LogP contribution in [-0.2, 0) is 10.0 Å². The van der Waals surface area contributed by atoms with Crippen LogP contribution in [0.1, 0.15) is 19.8 Å². The van der Waals surface area contributed by atoms with Crippen LogP contribution in [0.3, 0.4) is 0 Å². The highest BCUT2D eigenvalue weighted by Gasteiger charge is 2.35. The van der Waals surface area contributed by atoms with Crippen LogP contribution >= 0.6 is 24.0 Å². The molecule has 4 nitrogen and oxygen atoms in total. The molecule has 1 heterocycles. The second-order valence-corrected chi connectivity index (χ2v) is 7.33. The summed E-state index contributed by atoms with van der Waals surface area (Å²) in [5.41, 5.74) is 5.73. The lowest BCUT2D eigenvalue weighted by atomic mass is 9.94. The van der Waals surface area contributed by atoms with E-state index < -0.39 is 10.0 Å². The zero-order valence-corrected chi connectivity index (χ0v) is 13.7. The van der Waals surface area contributed by atoms with Crippen molar-refractivity contribution in [1.82, 2.24) is 4.31 Å². The van der Waals surface area contributed by atoms with Gasteiger partial charge in [-0.2, -0.15) is 4.31 Å². The maximum Gasteiger partial charge on any atom is 0.244 e. The molecule has 0 aliphatic carbocycles. The largest absolute Gasteiger partial charge is 0.329 e. The Bertz CT molecular complexity index is 551. The van der Waals surface area contributed by atoms with Gasteiger partial charge in [-0.15, -0.1) is 12.4 Å². The molecule has 0 aromatic heterocycles. The summed E-state index contributed by atoms with van der Waals surface area (Å²) in [6.45, 7) is 2.98. The lowest BCUT2D eigenvalue weighted by Crippen LogP contribution is -2.49. The third kappa shape index (κ3) is 3.46. The maximum absolute atomic E-state index is 12.7. The number of nitrogens with two attached hydrogens (primary N) is 1. The Hall–Kier alpha value is -0.330. The van der Waals surface area contributed by atoms with Gasteiger partial charge in [0, 0.05) is 19.1 Å². The van der Waals surface area contributed by atoms with Gasteiger partial charge in [-0.05, 0) is 30.9 Å². The average molecular weight is 339 g/mol. The zero-order chi connectivity index (χ0) is 14.0. The SMILES string of the molecule is CC1CCN(S(=O)(=O)c2ccccc2Cl)C(CN)C1.Cl. The number of nitrogens with zero attached hydrogens (tertiary/aromatic N) is 1. The molecule has 2 rings (SSSR count). The number of hydrogen-bond donors (Lipinski definition) is 1. The van der Waals surface area contributed by atoms with E-state index in [0.717, 1.165) is 12.8 Å². The minimum atomic E-state index is -3.56. The fraction of sp³-hybridized carbons (Fsp3) is 0.538. The van der Waals surface area contributed by atoms with Gasteiger partial charge >= 0.3 is 0 Å². The molecule has 2 unspecified atom stereocenters. The molecule has 1 aliphatic heterocycles. The Balaban J connectivity index is 0.00000200. The van der Waals surface area contributed by atoms with E-state index >= 15 is 0 Å². The number of sulfonamides is 1. The standard InChI is InChI=1S/C13H19ClN2O2S.ClH/c1-10-6-7-16(11(8-10)9-15)19(17,18)13-5-3-2-4-12(13)14;/h2-5,10-11H,6-9,15H2,1H3;1H. The van der Waals surface area contributed by atoms with Crippen molar-refractivity contribution >= 4 is 34.0 Å². The van der Waals surface area contributed by atoms with Crippen LogP contribution < -0.4 is 5.73 Å². The first kappa shape index (κ1) is 17.7.